The summed E-state index contributed by atoms with van der Waals surface area (Å²) in [6, 6.07) is 7.62. The first kappa shape index (κ1) is 19.2. The number of aromatic carboxylic acids is 1. The summed E-state index contributed by atoms with van der Waals surface area (Å²) in [5, 5.41) is 14.0. The number of rotatable bonds is 6. The van der Waals surface area contributed by atoms with Gasteiger partial charge in [0.25, 0.3) is 0 Å². The Labute approximate surface area is 150 Å². The van der Waals surface area contributed by atoms with Crippen molar-refractivity contribution in [3.8, 4) is 0 Å². The van der Waals surface area contributed by atoms with Crippen LogP contribution in [0.25, 0.3) is 0 Å². The smallest absolute Gasteiger partial charge is 0.335 e. The predicted octanol–water partition coefficient (Wildman–Crippen LogP) is 1.64. The first-order valence-electron chi connectivity index (χ1n) is 7.92. The molecule has 0 saturated heterocycles. The van der Waals surface area contributed by atoms with E-state index in [2.05, 4.69) is 10.6 Å². The molecule has 0 saturated carbocycles. The first-order valence-corrected chi connectivity index (χ1v) is 7.92. The SMILES string of the molecule is Cc1ccc(C(=O)O)cc1NC(=O)C(=O)NC[C@@H](c1ccco1)N(C)C. The maximum absolute atomic E-state index is 12.1. The largest absolute Gasteiger partial charge is 0.478 e. The third-order valence-corrected chi connectivity index (χ3v) is 3.89. The van der Waals surface area contributed by atoms with Crippen molar-refractivity contribution >= 4 is 23.5 Å². The van der Waals surface area contributed by atoms with E-state index >= 15 is 0 Å². The van der Waals surface area contributed by atoms with E-state index in [0.29, 0.717) is 11.3 Å². The van der Waals surface area contributed by atoms with Gasteiger partial charge in [0.2, 0.25) is 0 Å². The van der Waals surface area contributed by atoms with Gasteiger partial charge in [-0.1, -0.05) is 6.07 Å². The molecule has 8 nitrogen and oxygen atoms in total. The third-order valence-electron chi connectivity index (χ3n) is 3.89. The number of furan rings is 1. The molecule has 0 aliphatic carbocycles. The third kappa shape index (κ3) is 4.70. The van der Waals surface area contributed by atoms with Gasteiger partial charge in [-0.15, -0.1) is 0 Å². The zero-order valence-corrected chi connectivity index (χ0v) is 14.8. The number of hydrogen-bond donors (Lipinski definition) is 3. The summed E-state index contributed by atoms with van der Waals surface area (Å²) in [5.41, 5.74) is 0.954. The highest BCUT2D eigenvalue weighted by atomic mass is 16.4. The minimum atomic E-state index is -1.11. The topological polar surface area (TPSA) is 112 Å². The Bertz CT molecular complexity index is 799. The highest BCUT2D eigenvalue weighted by Gasteiger charge is 2.21. The number of carbonyl (C=O) groups excluding carboxylic acids is 2. The van der Waals surface area contributed by atoms with Gasteiger partial charge >= 0.3 is 17.8 Å². The zero-order valence-electron chi connectivity index (χ0n) is 14.8. The van der Waals surface area contributed by atoms with E-state index in [0.717, 1.165) is 0 Å². The highest BCUT2D eigenvalue weighted by molar-refractivity contribution is 6.39. The van der Waals surface area contributed by atoms with Crippen LogP contribution in [0.15, 0.2) is 41.0 Å². The summed E-state index contributed by atoms with van der Waals surface area (Å²) in [6.07, 6.45) is 1.54. The van der Waals surface area contributed by atoms with Crippen LogP contribution in [0.4, 0.5) is 5.69 Å². The number of benzene rings is 1. The van der Waals surface area contributed by atoms with Crippen LogP contribution in [-0.4, -0.2) is 48.4 Å². The molecule has 1 heterocycles. The number of aryl methyl sites for hydroxylation is 1. The Balaban J connectivity index is 2.00. The predicted molar refractivity (Wildman–Crippen MR) is 94.9 cm³/mol. The summed E-state index contributed by atoms with van der Waals surface area (Å²) in [6.45, 7) is 1.89. The molecule has 26 heavy (non-hydrogen) atoms. The molecule has 0 unspecified atom stereocenters. The Morgan fingerprint density at radius 1 is 1.19 bits per heavy atom. The Hall–Kier alpha value is -3.13. The van der Waals surface area contributed by atoms with Crippen molar-refractivity contribution in [2.45, 2.75) is 13.0 Å². The van der Waals surface area contributed by atoms with Gasteiger partial charge < -0.3 is 20.2 Å². The molecular formula is C18H21N3O5. The average molecular weight is 359 g/mol. The van der Waals surface area contributed by atoms with Crippen LogP contribution in [0.3, 0.4) is 0 Å². The van der Waals surface area contributed by atoms with Crippen molar-refractivity contribution in [1.82, 2.24) is 10.2 Å². The van der Waals surface area contributed by atoms with E-state index in [4.69, 9.17) is 9.52 Å². The second kappa shape index (κ2) is 8.30. The number of anilines is 1. The average Bonchev–Trinajstić information content (AvgIpc) is 3.10. The summed E-state index contributed by atoms with van der Waals surface area (Å²) < 4.78 is 5.35. The lowest BCUT2D eigenvalue weighted by molar-refractivity contribution is -0.136. The van der Waals surface area contributed by atoms with E-state index in [1.807, 2.05) is 19.0 Å². The fourth-order valence-electron chi connectivity index (χ4n) is 2.36. The maximum Gasteiger partial charge on any atom is 0.335 e. The molecule has 0 bridgehead atoms. The molecule has 0 fully saturated rings. The molecule has 2 rings (SSSR count). The van der Waals surface area contributed by atoms with Gasteiger partial charge in [0.1, 0.15) is 5.76 Å². The number of hydrogen-bond acceptors (Lipinski definition) is 5. The van der Waals surface area contributed by atoms with Crippen LogP contribution < -0.4 is 10.6 Å². The molecular weight excluding hydrogens is 338 g/mol. The van der Waals surface area contributed by atoms with Gasteiger partial charge in [0.15, 0.2) is 0 Å². The summed E-state index contributed by atoms with van der Waals surface area (Å²) >= 11 is 0. The summed E-state index contributed by atoms with van der Waals surface area (Å²) in [4.78, 5) is 37.1. The minimum Gasteiger partial charge on any atom is -0.478 e. The van der Waals surface area contributed by atoms with Crippen molar-refractivity contribution in [2.24, 2.45) is 0 Å². The molecule has 0 aliphatic heterocycles. The van der Waals surface area contributed by atoms with Crippen LogP contribution in [0.1, 0.15) is 27.7 Å². The lowest BCUT2D eigenvalue weighted by atomic mass is 10.1. The molecule has 0 radical (unpaired) electrons. The normalized spacial score (nSPS) is 11.8. The van der Waals surface area contributed by atoms with E-state index in [1.165, 1.54) is 12.1 Å². The van der Waals surface area contributed by atoms with E-state index in [-0.39, 0.29) is 23.8 Å². The van der Waals surface area contributed by atoms with Gasteiger partial charge in [-0.3, -0.25) is 14.5 Å². The zero-order chi connectivity index (χ0) is 19.3. The van der Waals surface area contributed by atoms with Crippen molar-refractivity contribution < 1.29 is 23.9 Å². The van der Waals surface area contributed by atoms with Crippen molar-refractivity contribution in [3.63, 3.8) is 0 Å². The van der Waals surface area contributed by atoms with Crippen molar-refractivity contribution in [1.29, 1.82) is 0 Å². The monoisotopic (exact) mass is 359 g/mol. The number of carboxylic acids is 1. The number of nitrogens with one attached hydrogen (secondary N) is 2. The molecule has 1 aromatic carbocycles. The lowest BCUT2D eigenvalue weighted by Gasteiger charge is -2.22. The number of amides is 2. The molecule has 0 aliphatic rings. The molecule has 0 spiro atoms. The van der Waals surface area contributed by atoms with Gasteiger partial charge in [-0.25, -0.2) is 4.79 Å². The Morgan fingerprint density at radius 2 is 1.92 bits per heavy atom. The van der Waals surface area contributed by atoms with Gasteiger partial charge in [0.05, 0.1) is 17.9 Å². The lowest BCUT2D eigenvalue weighted by Crippen LogP contribution is -2.40. The molecule has 2 aromatic rings. The summed E-state index contributed by atoms with van der Waals surface area (Å²) in [7, 11) is 3.67. The molecule has 3 N–H and O–H groups in total. The van der Waals surface area contributed by atoms with Gasteiger partial charge in [0, 0.05) is 12.2 Å². The highest BCUT2D eigenvalue weighted by Crippen LogP contribution is 2.18. The van der Waals surface area contributed by atoms with Crippen LogP contribution in [0.5, 0.6) is 0 Å². The maximum atomic E-state index is 12.1. The second-order valence-corrected chi connectivity index (χ2v) is 5.99. The van der Waals surface area contributed by atoms with E-state index in [1.54, 1.807) is 31.4 Å². The fraction of sp³-hybridized carbons (Fsp3) is 0.278. The molecule has 138 valence electrons. The Kier molecular flexibility index (Phi) is 6.13. The first-order chi connectivity index (χ1) is 12.3. The Morgan fingerprint density at radius 3 is 2.50 bits per heavy atom. The number of carbonyl (C=O) groups is 3. The minimum absolute atomic E-state index is 0.0248. The standard InChI is InChI=1S/C18H21N3O5/c1-11-6-7-12(18(24)25)9-13(11)20-17(23)16(22)19-10-14(21(2)3)15-5-4-8-26-15/h4-9,14H,10H2,1-3H3,(H,19,22)(H,20,23)(H,24,25)/t14-/m0/s1. The van der Waals surface area contributed by atoms with Crippen LogP contribution >= 0.6 is 0 Å². The van der Waals surface area contributed by atoms with Gasteiger partial charge in [-0.05, 0) is 50.8 Å². The van der Waals surface area contributed by atoms with E-state index in [9.17, 15) is 14.4 Å². The number of carboxylic acid groups (broad SMARTS) is 1. The fourth-order valence-corrected chi connectivity index (χ4v) is 2.36. The molecule has 8 heteroatoms. The quantitative estimate of drug-likeness (QED) is 0.676. The molecule has 2 amide bonds. The van der Waals surface area contributed by atoms with E-state index < -0.39 is 17.8 Å². The number of likely N-dealkylation sites (N-methyl/N-ethyl adjacent to an activating group) is 1. The second-order valence-electron chi connectivity index (χ2n) is 5.99. The molecule has 1 atom stereocenters. The van der Waals surface area contributed by atoms with Gasteiger partial charge in [-0.2, -0.15) is 0 Å². The van der Waals surface area contributed by atoms with Crippen LogP contribution in [-0.2, 0) is 9.59 Å². The van der Waals surface area contributed by atoms with Crippen molar-refractivity contribution in [2.75, 3.05) is 26.0 Å². The van der Waals surface area contributed by atoms with Crippen LogP contribution in [0, 0.1) is 6.92 Å². The molecule has 1 aromatic heterocycles. The number of nitrogens with zero attached hydrogens (tertiary/aromatic N) is 1. The van der Waals surface area contributed by atoms with Crippen molar-refractivity contribution in [3.05, 3.63) is 53.5 Å². The summed E-state index contributed by atoms with van der Waals surface area (Å²) in [5.74, 6) is -2.13. The van der Waals surface area contributed by atoms with Crippen LogP contribution in [0.2, 0.25) is 0 Å².